The molecule has 0 radical (unpaired) electrons. The monoisotopic (exact) mass is 350 g/mol. The summed E-state index contributed by atoms with van der Waals surface area (Å²) in [6.07, 6.45) is -1.51. The van der Waals surface area contributed by atoms with E-state index in [-0.39, 0.29) is 18.4 Å². The second-order valence-electron chi connectivity index (χ2n) is 3.48. The number of halogens is 1. The molecule has 0 aliphatic rings. The van der Waals surface area contributed by atoms with Crippen molar-refractivity contribution in [2.45, 2.75) is 18.9 Å². The highest BCUT2D eigenvalue weighted by Gasteiger charge is 2.20. The van der Waals surface area contributed by atoms with Crippen molar-refractivity contribution < 1.29 is 24.9 Å². The largest absolute Gasteiger partial charge is 0.481 e. The van der Waals surface area contributed by atoms with E-state index in [1.807, 2.05) is 22.6 Å². The predicted octanol–water partition coefficient (Wildman–Crippen LogP) is 1.43. The first-order valence-electron chi connectivity index (χ1n) is 4.83. The van der Waals surface area contributed by atoms with Crippen LogP contribution in [0.4, 0.5) is 0 Å². The SMILES string of the molecule is O=C(O)CCc1ccc(I)cc1C(O)C(=O)O. The van der Waals surface area contributed by atoms with Crippen molar-refractivity contribution in [2.75, 3.05) is 0 Å². The van der Waals surface area contributed by atoms with Gasteiger partial charge in [-0.2, -0.15) is 0 Å². The van der Waals surface area contributed by atoms with Gasteiger partial charge in [0, 0.05) is 9.99 Å². The van der Waals surface area contributed by atoms with E-state index in [9.17, 15) is 14.7 Å². The summed E-state index contributed by atoms with van der Waals surface area (Å²) in [4.78, 5) is 21.2. The van der Waals surface area contributed by atoms with Crippen LogP contribution in [0, 0.1) is 3.57 Å². The van der Waals surface area contributed by atoms with Crippen LogP contribution in [0.3, 0.4) is 0 Å². The maximum absolute atomic E-state index is 10.7. The summed E-state index contributed by atoms with van der Waals surface area (Å²) < 4.78 is 0.789. The van der Waals surface area contributed by atoms with E-state index in [1.54, 1.807) is 18.2 Å². The molecule has 17 heavy (non-hydrogen) atoms. The van der Waals surface area contributed by atoms with Gasteiger partial charge in [0.1, 0.15) is 0 Å². The van der Waals surface area contributed by atoms with Crippen LogP contribution in [0.25, 0.3) is 0 Å². The highest BCUT2D eigenvalue weighted by atomic mass is 127. The third-order valence-corrected chi connectivity index (χ3v) is 2.92. The van der Waals surface area contributed by atoms with Gasteiger partial charge in [-0.3, -0.25) is 4.79 Å². The number of aliphatic hydroxyl groups is 1. The lowest BCUT2D eigenvalue weighted by Crippen LogP contribution is -2.13. The Balaban J connectivity index is 3.03. The first-order valence-corrected chi connectivity index (χ1v) is 5.90. The highest BCUT2D eigenvalue weighted by molar-refractivity contribution is 14.1. The molecule has 1 aromatic carbocycles. The van der Waals surface area contributed by atoms with E-state index in [1.165, 1.54) is 0 Å². The predicted molar refractivity (Wildman–Crippen MR) is 67.7 cm³/mol. The maximum atomic E-state index is 10.7. The average Bonchev–Trinajstić information content (AvgIpc) is 2.26. The van der Waals surface area contributed by atoms with Gasteiger partial charge in [-0.1, -0.05) is 6.07 Å². The van der Waals surface area contributed by atoms with Crippen LogP contribution >= 0.6 is 22.6 Å². The van der Waals surface area contributed by atoms with Gasteiger partial charge >= 0.3 is 11.9 Å². The van der Waals surface area contributed by atoms with Gasteiger partial charge in [-0.15, -0.1) is 0 Å². The molecule has 1 atom stereocenters. The molecule has 0 aromatic heterocycles. The lowest BCUT2D eigenvalue weighted by molar-refractivity contribution is -0.147. The van der Waals surface area contributed by atoms with Crippen molar-refractivity contribution in [1.29, 1.82) is 0 Å². The molecule has 5 nitrogen and oxygen atoms in total. The number of carboxylic acid groups (broad SMARTS) is 2. The minimum Gasteiger partial charge on any atom is -0.481 e. The van der Waals surface area contributed by atoms with E-state index < -0.39 is 18.0 Å². The van der Waals surface area contributed by atoms with Crippen LogP contribution in [-0.4, -0.2) is 27.3 Å². The Morgan fingerprint density at radius 3 is 2.47 bits per heavy atom. The van der Waals surface area contributed by atoms with Crippen LogP contribution < -0.4 is 0 Å². The van der Waals surface area contributed by atoms with Crippen LogP contribution in [0.15, 0.2) is 18.2 Å². The van der Waals surface area contributed by atoms with Gasteiger partial charge in [0.05, 0.1) is 0 Å². The van der Waals surface area contributed by atoms with Crippen LogP contribution in [0.2, 0.25) is 0 Å². The number of benzene rings is 1. The smallest absolute Gasteiger partial charge is 0.337 e. The van der Waals surface area contributed by atoms with Crippen molar-refractivity contribution in [3.8, 4) is 0 Å². The average molecular weight is 350 g/mol. The molecular formula is C11H11IO5. The fourth-order valence-corrected chi connectivity index (χ4v) is 1.94. The topological polar surface area (TPSA) is 94.8 Å². The van der Waals surface area contributed by atoms with Gasteiger partial charge in [0.15, 0.2) is 6.10 Å². The van der Waals surface area contributed by atoms with Crippen LogP contribution in [0.1, 0.15) is 23.7 Å². The summed E-state index contributed by atoms with van der Waals surface area (Å²) in [6, 6.07) is 4.94. The maximum Gasteiger partial charge on any atom is 0.337 e. The van der Waals surface area contributed by atoms with E-state index in [4.69, 9.17) is 10.2 Å². The molecule has 1 unspecified atom stereocenters. The van der Waals surface area contributed by atoms with Crippen molar-refractivity contribution in [3.63, 3.8) is 0 Å². The molecule has 0 saturated heterocycles. The standard InChI is InChI=1S/C11H11IO5/c12-7-3-1-6(2-4-9(13)14)8(5-7)10(15)11(16)17/h1,3,5,10,15H,2,4H2,(H,13,14)(H,16,17). The minimum atomic E-state index is -1.62. The molecule has 0 aliphatic heterocycles. The Morgan fingerprint density at radius 2 is 1.94 bits per heavy atom. The zero-order valence-corrected chi connectivity index (χ0v) is 10.9. The zero-order chi connectivity index (χ0) is 13.0. The Labute approximate surface area is 111 Å². The molecule has 6 heteroatoms. The van der Waals surface area contributed by atoms with Gasteiger partial charge in [-0.25, -0.2) is 4.79 Å². The number of rotatable bonds is 5. The molecule has 0 spiro atoms. The summed E-state index contributed by atoms with van der Waals surface area (Å²) in [5.41, 5.74) is 0.799. The van der Waals surface area contributed by atoms with Crippen LogP contribution in [0.5, 0.6) is 0 Å². The van der Waals surface area contributed by atoms with Gasteiger partial charge in [0.25, 0.3) is 0 Å². The van der Waals surface area contributed by atoms with Crippen molar-refractivity contribution in [2.24, 2.45) is 0 Å². The zero-order valence-electron chi connectivity index (χ0n) is 8.76. The van der Waals surface area contributed by atoms with Gasteiger partial charge in [-0.05, 0) is 52.3 Å². The Kier molecular flexibility index (Phi) is 4.88. The van der Waals surface area contributed by atoms with Crippen molar-refractivity contribution in [1.82, 2.24) is 0 Å². The first-order chi connectivity index (χ1) is 7.91. The van der Waals surface area contributed by atoms with E-state index >= 15 is 0 Å². The van der Waals surface area contributed by atoms with Gasteiger partial charge in [0.2, 0.25) is 0 Å². The molecule has 92 valence electrons. The summed E-state index contributed by atoms with van der Waals surface area (Å²) in [6.45, 7) is 0. The molecule has 0 fully saturated rings. The normalized spacial score (nSPS) is 12.1. The highest BCUT2D eigenvalue weighted by Crippen LogP contribution is 2.22. The molecule has 0 aliphatic carbocycles. The number of aliphatic carboxylic acids is 2. The lowest BCUT2D eigenvalue weighted by Gasteiger charge is -2.12. The van der Waals surface area contributed by atoms with Gasteiger partial charge < -0.3 is 15.3 Å². The molecule has 1 aromatic rings. The van der Waals surface area contributed by atoms with Crippen LogP contribution in [-0.2, 0) is 16.0 Å². The second kappa shape index (κ2) is 5.97. The molecule has 0 bridgehead atoms. The summed E-state index contributed by atoms with van der Waals surface area (Å²) >= 11 is 2.00. The summed E-state index contributed by atoms with van der Waals surface area (Å²) in [7, 11) is 0. The molecule has 0 amide bonds. The lowest BCUT2D eigenvalue weighted by atomic mass is 9.99. The fraction of sp³-hybridized carbons (Fsp3) is 0.273. The van der Waals surface area contributed by atoms with E-state index in [0.717, 1.165) is 3.57 Å². The second-order valence-corrected chi connectivity index (χ2v) is 4.72. The molecule has 0 heterocycles. The van der Waals surface area contributed by atoms with Crippen molar-refractivity contribution in [3.05, 3.63) is 32.9 Å². The quantitative estimate of drug-likeness (QED) is 0.699. The molecular weight excluding hydrogens is 339 g/mol. The number of carbonyl (C=O) groups is 2. The third kappa shape index (κ3) is 3.97. The number of hydrogen-bond acceptors (Lipinski definition) is 3. The van der Waals surface area contributed by atoms with Crippen molar-refractivity contribution >= 4 is 34.5 Å². The Hall–Kier alpha value is -1.15. The Morgan fingerprint density at radius 1 is 1.29 bits per heavy atom. The minimum absolute atomic E-state index is 0.0973. The summed E-state index contributed by atoms with van der Waals surface area (Å²) in [5, 5.41) is 26.9. The third-order valence-electron chi connectivity index (χ3n) is 2.24. The molecule has 0 saturated carbocycles. The first kappa shape index (κ1) is 13.9. The molecule has 1 rings (SSSR count). The number of hydrogen-bond donors (Lipinski definition) is 3. The molecule has 3 N–H and O–H groups in total. The number of carboxylic acids is 2. The number of aliphatic hydroxyl groups excluding tert-OH is 1. The number of aryl methyl sites for hydroxylation is 1. The summed E-state index contributed by atoms with van der Waals surface area (Å²) in [5.74, 6) is -2.30. The fourth-order valence-electron chi connectivity index (χ4n) is 1.42. The van der Waals surface area contributed by atoms with E-state index in [2.05, 4.69) is 0 Å². The Bertz CT molecular complexity index is 443. The van der Waals surface area contributed by atoms with E-state index in [0.29, 0.717) is 5.56 Å².